The van der Waals surface area contributed by atoms with E-state index in [2.05, 4.69) is 25.2 Å². The van der Waals surface area contributed by atoms with Crippen LogP contribution >= 0.6 is 0 Å². The molecule has 1 amide bonds. The van der Waals surface area contributed by atoms with Crippen LogP contribution in [-0.4, -0.2) is 11.9 Å². The summed E-state index contributed by atoms with van der Waals surface area (Å²) in [7, 11) is 0. The van der Waals surface area contributed by atoms with Gasteiger partial charge in [0.25, 0.3) is 0 Å². The minimum absolute atomic E-state index is 0.00532. The monoisotopic (exact) mass is 248 g/mol. The van der Waals surface area contributed by atoms with E-state index in [-0.39, 0.29) is 11.9 Å². The topological polar surface area (TPSA) is 52.9 Å². The fourth-order valence-corrected chi connectivity index (χ4v) is 3.37. The minimum atomic E-state index is -0.716. The van der Waals surface area contributed by atoms with Crippen molar-refractivity contribution in [1.82, 2.24) is 5.32 Å². The molecule has 0 radical (unpaired) electrons. The second kappa shape index (κ2) is 5.30. The van der Waals surface area contributed by atoms with E-state index in [4.69, 9.17) is 0 Å². The van der Waals surface area contributed by atoms with Crippen molar-refractivity contribution in [2.75, 3.05) is 0 Å². The Morgan fingerprint density at radius 1 is 1.22 bits per heavy atom. The van der Waals surface area contributed by atoms with Gasteiger partial charge in [0, 0.05) is 6.04 Å². The molecule has 100 valence electrons. The third-order valence-corrected chi connectivity index (χ3v) is 5.04. The maximum atomic E-state index is 12.3. The van der Waals surface area contributed by atoms with E-state index in [0.717, 1.165) is 44.4 Å². The molecule has 3 atom stereocenters. The summed E-state index contributed by atoms with van der Waals surface area (Å²) in [5.74, 6) is 1.43. The lowest BCUT2D eigenvalue weighted by Crippen LogP contribution is -2.46. The number of amides is 1. The van der Waals surface area contributed by atoms with Crippen LogP contribution in [0, 0.1) is 28.6 Å². The molecule has 1 N–H and O–H groups in total. The lowest BCUT2D eigenvalue weighted by atomic mass is 9.78. The Hall–Kier alpha value is -1.04. The number of nitrogens with one attached hydrogen (secondary N) is 1. The van der Waals surface area contributed by atoms with Gasteiger partial charge < -0.3 is 5.32 Å². The Morgan fingerprint density at radius 3 is 2.44 bits per heavy atom. The zero-order valence-corrected chi connectivity index (χ0v) is 11.5. The van der Waals surface area contributed by atoms with Gasteiger partial charge >= 0.3 is 0 Å². The smallest absolute Gasteiger partial charge is 0.240 e. The Balaban J connectivity index is 1.93. The summed E-state index contributed by atoms with van der Waals surface area (Å²) < 4.78 is 0. The van der Waals surface area contributed by atoms with Crippen LogP contribution in [0.1, 0.15) is 58.8 Å². The summed E-state index contributed by atoms with van der Waals surface area (Å²) in [6.45, 7) is 4.55. The summed E-state index contributed by atoms with van der Waals surface area (Å²) in [4.78, 5) is 12.3. The highest BCUT2D eigenvalue weighted by Crippen LogP contribution is 2.38. The fraction of sp³-hybridized carbons (Fsp3) is 0.867. The van der Waals surface area contributed by atoms with E-state index < -0.39 is 5.41 Å². The molecule has 0 saturated heterocycles. The van der Waals surface area contributed by atoms with Crippen LogP contribution in [0.2, 0.25) is 0 Å². The number of hydrogen-bond acceptors (Lipinski definition) is 2. The first-order valence-electron chi connectivity index (χ1n) is 7.29. The zero-order valence-electron chi connectivity index (χ0n) is 11.5. The molecule has 3 unspecified atom stereocenters. The molecule has 0 aromatic carbocycles. The largest absolute Gasteiger partial charge is 0.352 e. The third-order valence-electron chi connectivity index (χ3n) is 5.04. The molecule has 2 aliphatic rings. The molecule has 2 aliphatic carbocycles. The summed E-state index contributed by atoms with van der Waals surface area (Å²) in [5.41, 5.74) is -0.716. The molecular formula is C15H24N2O. The van der Waals surface area contributed by atoms with Crippen LogP contribution < -0.4 is 5.32 Å². The average Bonchev–Trinajstić information content (AvgIpc) is 2.84. The van der Waals surface area contributed by atoms with Crippen LogP contribution in [0.5, 0.6) is 0 Å². The minimum Gasteiger partial charge on any atom is -0.352 e. The van der Waals surface area contributed by atoms with Crippen LogP contribution in [0.4, 0.5) is 0 Å². The van der Waals surface area contributed by atoms with E-state index in [1.165, 1.54) is 6.42 Å². The van der Waals surface area contributed by atoms with Gasteiger partial charge in [-0.2, -0.15) is 5.26 Å². The van der Waals surface area contributed by atoms with Crippen molar-refractivity contribution in [2.24, 2.45) is 17.3 Å². The maximum absolute atomic E-state index is 12.3. The fourth-order valence-electron chi connectivity index (χ4n) is 3.37. The molecule has 0 bridgehead atoms. The van der Waals surface area contributed by atoms with Gasteiger partial charge in [0.15, 0.2) is 0 Å². The molecule has 0 aromatic rings. The standard InChI is InChI=1S/C15H24N2O/c1-11-5-6-13(9-12(11)2)17-14(18)15(10-16)7-3-4-8-15/h11-13H,3-9H2,1-2H3,(H,17,18). The highest BCUT2D eigenvalue weighted by Gasteiger charge is 2.42. The van der Waals surface area contributed by atoms with Crippen molar-refractivity contribution in [1.29, 1.82) is 5.26 Å². The van der Waals surface area contributed by atoms with E-state index in [0.29, 0.717) is 5.92 Å². The van der Waals surface area contributed by atoms with E-state index in [9.17, 15) is 10.1 Å². The first-order chi connectivity index (χ1) is 8.57. The van der Waals surface area contributed by atoms with Gasteiger partial charge in [-0.15, -0.1) is 0 Å². The van der Waals surface area contributed by atoms with Crippen molar-refractivity contribution in [3.05, 3.63) is 0 Å². The molecule has 0 aromatic heterocycles. The zero-order chi connectivity index (χ0) is 13.2. The first-order valence-corrected chi connectivity index (χ1v) is 7.29. The number of nitrogens with zero attached hydrogens (tertiary/aromatic N) is 1. The van der Waals surface area contributed by atoms with Gasteiger partial charge in [-0.3, -0.25) is 4.79 Å². The molecule has 2 rings (SSSR count). The molecule has 2 saturated carbocycles. The predicted molar refractivity (Wildman–Crippen MR) is 70.6 cm³/mol. The number of nitriles is 1. The number of carbonyl (C=O) groups is 1. The molecule has 0 spiro atoms. The van der Waals surface area contributed by atoms with Crippen LogP contribution in [-0.2, 0) is 4.79 Å². The Labute approximate surface area is 110 Å². The second-order valence-electron chi connectivity index (χ2n) is 6.34. The molecule has 2 fully saturated rings. The van der Waals surface area contributed by atoms with Gasteiger partial charge in [0.1, 0.15) is 5.41 Å². The van der Waals surface area contributed by atoms with Crippen LogP contribution in [0.15, 0.2) is 0 Å². The first kappa shape index (κ1) is 13.4. The van der Waals surface area contributed by atoms with Gasteiger partial charge in [0.2, 0.25) is 5.91 Å². The molecule has 0 aliphatic heterocycles. The van der Waals surface area contributed by atoms with E-state index in [1.54, 1.807) is 0 Å². The lowest BCUT2D eigenvalue weighted by Gasteiger charge is -2.34. The predicted octanol–water partition coefficient (Wildman–Crippen LogP) is 3.01. The molecular weight excluding hydrogens is 224 g/mol. The number of hydrogen-bond donors (Lipinski definition) is 1. The maximum Gasteiger partial charge on any atom is 0.240 e. The summed E-state index contributed by atoms with van der Waals surface area (Å²) >= 11 is 0. The van der Waals surface area contributed by atoms with Crippen molar-refractivity contribution >= 4 is 5.91 Å². The van der Waals surface area contributed by atoms with Gasteiger partial charge in [0.05, 0.1) is 6.07 Å². The van der Waals surface area contributed by atoms with Gasteiger partial charge in [-0.1, -0.05) is 26.7 Å². The number of carbonyl (C=O) groups excluding carboxylic acids is 1. The SMILES string of the molecule is CC1CCC(NC(=O)C2(C#N)CCCC2)CC1C. The quantitative estimate of drug-likeness (QED) is 0.816. The third kappa shape index (κ3) is 2.53. The second-order valence-corrected chi connectivity index (χ2v) is 6.34. The Morgan fingerprint density at radius 2 is 1.89 bits per heavy atom. The van der Waals surface area contributed by atoms with Gasteiger partial charge in [-0.25, -0.2) is 0 Å². The van der Waals surface area contributed by atoms with Crippen LogP contribution in [0.3, 0.4) is 0 Å². The molecule has 3 nitrogen and oxygen atoms in total. The molecule has 3 heteroatoms. The average molecular weight is 248 g/mol. The molecule has 18 heavy (non-hydrogen) atoms. The normalized spacial score (nSPS) is 34.8. The Bertz CT molecular complexity index is 352. The summed E-state index contributed by atoms with van der Waals surface area (Å²) in [6.07, 6.45) is 6.83. The van der Waals surface area contributed by atoms with Crippen molar-refractivity contribution in [3.8, 4) is 6.07 Å². The highest BCUT2D eigenvalue weighted by atomic mass is 16.2. The lowest BCUT2D eigenvalue weighted by molar-refractivity contribution is -0.129. The Kier molecular flexibility index (Phi) is 3.94. The number of rotatable bonds is 2. The molecule has 0 heterocycles. The van der Waals surface area contributed by atoms with Crippen molar-refractivity contribution in [2.45, 2.75) is 64.8 Å². The van der Waals surface area contributed by atoms with Crippen LogP contribution in [0.25, 0.3) is 0 Å². The van der Waals surface area contributed by atoms with Crippen molar-refractivity contribution in [3.63, 3.8) is 0 Å². The summed E-state index contributed by atoms with van der Waals surface area (Å²) in [5, 5.41) is 12.4. The summed E-state index contributed by atoms with van der Waals surface area (Å²) in [6, 6.07) is 2.56. The van der Waals surface area contributed by atoms with Crippen molar-refractivity contribution < 1.29 is 4.79 Å². The highest BCUT2D eigenvalue weighted by molar-refractivity contribution is 5.85. The van der Waals surface area contributed by atoms with Gasteiger partial charge in [-0.05, 0) is 43.9 Å². The van der Waals surface area contributed by atoms with E-state index >= 15 is 0 Å². The van der Waals surface area contributed by atoms with E-state index in [1.807, 2.05) is 0 Å².